The fourth-order valence-electron chi connectivity index (χ4n) is 6.84. The van der Waals surface area contributed by atoms with Crippen molar-refractivity contribution in [3.05, 3.63) is 0 Å². The van der Waals surface area contributed by atoms with Crippen LogP contribution in [-0.4, -0.2) is 245 Å². The van der Waals surface area contributed by atoms with Gasteiger partial charge in [-0.3, -0.25) is 0 Å². The van der Waals surface area contributed by atoms with E-state index in [0.717, 1.165) is 0 Å². The SMILES string of the molecule is O=C([O-])C1O[C@@H](O[C@@H]2C(C(=O)[O-])O[C@@H](O[C@@H]3C(C(=O)[O-])O[C@@H](O[C@@H]4C(C(=O)[O-])O[C@@H](O[C@@H]5C(C(=O)[O-])O[C@@H](O)C(O)[C@@H]5O)C(O)[C@@H]4O)C(O)[C@@H]3O)C(O)[C@@H]2O)C(O)[C@H](O)[C@@H]1O.[Na+].[Na+].[Na+].[Na+].[Na+]. The number of carboxylic acids is 5. The first-order valence-electron chi connectivity index (χ1n) is 17.5. The van der Waals surface area contributed by atoms with Gasteiger partial charge in [-0.1, -0.05) is 0 Å². The van der Waals surface area contributed by atoms with Crippen molar-refractivity contribution in [2.45, 2.75) is 154 Å². The van der Waals surface area contributed by atoms with Crippen LogP contribution in [0.5, 0.6) is 0 Å². The summed E-state index contributed by atoms with van der Waals surface area (Å²) < 4.78 is 45.1. The first kappa shape index (κ1) is 67.5. The molecule has 25 atom stereocenters. The van der Waals surface area contributed by atoms with E-state index in [0.29, 0.717) is 0 Å². The molecule has 5 rings (SSSR count). The third-order valence-corrected chi connectivity index (χ3v) is 10.1. The maximum absolute atomic E-state index is 12.2. The normalized spacial score (nSPS) is 45.7. The molecule has 5 saturated heterocycles. The van der Waals surface area contributed by atoms with E-state index < -0.39 is 183 Å². The average molecular weight is 1010 g/mol. The summed E-state index contributed by atoms with van der Waals surface area (Å²) in [5, 5.41) is 184. The van der Waals surface area contributed by atoms with Crippen LogP contribution in [0.25, 0.3) is 0 Å². The Morgan fingerprint density at radius 2 is 0.500 bits per heavy atom. The van der Waals surface area contributed by atoms with E-state index >= 15 is 0 Å². The molecule has 5 heterocycles. The van der Waals surface area contributed by atoms with Crippen LogP contribution in [-0.2, 0) is 66.6 Å². The molecule has 0 bridgehead atoms. The van der Waals surface area contributed by atoms with Crippen molar-refractivity contribution < 1.29 is 301 Å². The van der Waals surface area contributed by atoms with Gasteiger partial charge in [-0.2, -0.15) is 0 Å². The summed E-state index contributed by atoms with van der Waals surface area (Å²) in [6.45, 7) is 0. The quantitative estimate of drug-likeness (QED) is 0.0762. The maximum Gasteiger partial charge on any atom is 1.00 e. The molecule has 0 aliphatic carbocycles. The maximum atomic E-state index is 12.2. The number of hydrogen-bond donors (Lipinski definition) is 12. The second-order valence-corrected chi connectivity index (χ2v) is 14.0. The summed E-state index contributed by atoms with van der Waals surface area (Å²) in [6.07, 6.45) is -62.0. The molecule has 0 amide bonds. The van der Waals surface area contributed by atoms with Gasteiger partial charge < -0.3 is 153 Å². The Morgan fingerprint density at radius 1 is 0.288 bits per heavy atom. The van der Waals surface area contributed by atoms with Gasteiger partial charge in [-0.25, -0.2) is 0 Å². The van der Waals surface area contributed by atoms with Crippen molar-refractivity contribution in [3.63, 3.8) is 0 Å². The number of hydrogen-bond acceptors (Lipinski definition) is 31. The van der Waals surface area contributed by atoms with E-state index in [9.17, 15) is 111 Å². The van der Waals surface area contributed by atoms with Crippen LogP contribution in [0.4, 0.5) is 0 Å². The summed E-state index contributed by atoms with van der Waals surface area (Å²) in [5.41, 5.74) is 0. The van der Waals surface area contributed by atoms with Crippen molar-refractivity contribution in [1.29, 1.82) is 0 Å². The molecular formula is C30H37Na5O31. The van der Waals surface area contributed by atoms with Crippen LogP contribution in [0.2, 0.25) is 0 Å². The molecule has 5 fully saturated rings. The zero-order valence-electron chi connectivity index (χ0n) is 35.1. The molecule has 10 unspecified atom stereocenters. The van der Waals surface area contributed by atoms with Crippen LogP contribution < -0.4 is 173 Å². The van der Waals surface area contributed by atoms with Crippen LogP contribution in [0.1, 0.15) is 0 Å². The van der Waals surface area contributed by atoms with Crippen molar-refractivity contribution in [1.82, 2.24) is 0 Å². The molecule has 0 aromatic carbocycles. The molecule has 5 aliphatic rings. The van der Waals surface area contributed by atoms with E-state index in [-0.39, 0.29) is 148 Å². The number of carbonyl (C=O) groups excluding carboxylic acids is 5. The second-order valence-electron chi connectivity index (χ2n) is 14.0. The fourth-order valence-corrected chi connectivity index (χ4v) is 6.84. The Labute approximate surface area is 479 Å². The minimum atomic E-state index is -2.72. The minimum absolute atomic E-state index is 0. The van der Waals surface area contributed by atoms with Crippen LogP contribution >= 0.6 is 0 Å². The smallest absolute Gasteiger partial charge is 0.547 e. The van der Waals surface area contributed by atoms with Gasteiger partial charge in [0.05, 0.1) is 29.8 Å². The number of aliphatic hydroxyl groups excluding tert-OH is 12. The molecule has 66 heavy (non-hydrogen) atoms. The molecule has 31 nitrogen and oxygen atoms in total. The molecule has 0 aromatic heterocycles. The van der Waals surface area contributed by atoms with E-state index in [1.54, 1.807) is 0 Å². The summed E-state index contributed by atoms with van der Waals surface area (Å²) >= 11 is 0. The van der Waals surface area contributed by atoms with Crippen LogP contribution in [0.15, 0.2) is 0 Å². The van der Waals surface area contributed by atoms with E-state index in [2.05, 4.69) is 4.74 Å². The second kappa shape index (κ2) is 28.3. The summed E-state index contributed by atoms with van der Waals surface area (Å²) in [7, 11) is 0. The summed E-state index contributed by atoms with van der Waals surface area (Å²) in [4.78, 5) is 59.2. The van der Waals surface area contributed by atoms with Gasteiger partial charge in [0, 0.05) is 0 Å². The van der Waals surface area contributed by atoms with Crippen molar-refractivity contribution in [2.75, 3.05) is 0 Å². The Hall–Kier alpha value is 1.51. The first-order chi connectivity index (χ1) is 28.4. The van der Waals surface area contributed by atoms with Gasteiger partial charge in [0.25, 0.3) is 0 Å². The van der Waals surface area contributed by atoms with Crippen LogP contribution in [0, 0.1) is 0 Å². The Morgan fingerprint density at radius 3 is 0.758 bits per heavy atom. The minimum Gasteiger partial charge on any atom is -0.547 e. The van der Waals surface area contributed by atoms with Crippen molar-refractivity contribution in [2.24, 2.45) is 0 Å². The summed E-state index contributed by atoms with van der Waals surface area (Å²) in [6, 6.07) is 0. The molecular weight excluding hydrogens is 971 g/mol. The van der Waals surface area contributed by atoms with Gasteiger partial charge in [0.2, 0.25) is 0 Å². The topological polar surface area (TPSA) is 526 Å². The Balaban J connectivity index is 0.00000845. The molecule has 0 spiro atoms. The molecule has 0 saturated carbocycles. The first-order valence-corrected chi connectivity index (χ1v) is 17.5. The number of carbonyl (C=O) groups is 5. The van der Waals surface area contributed by atoms with E-state index in [1.165, 1.54) is 0 Å². The zero-order chi connectivity index (χ0) is 45.7. The van der Waals surface area contributed by atoms with Gasteiger partial charge in [-0.15, -0.1) is 0 Å². The molecule has 36 heteroatoms. The molecule has 348 valence electrons. The Bertz CT molecular complexity index is 1620. The van der Waals surface area contributed by atoms with Crippen molar-refractivity contribution in [3.8, 4) is 0 Å². The van der Waals surface area contributed by atoms with E-state index in [1.807, 2.05) is 0 Å². The molecule has 0 aromatic rings. The van der Waals surface area contributed by atoms with Crippen LogP contribution in [0.3, 0.4) is 0 Å². The third kappa shape index (κ3) is 14.4. The predicted octanol–water partition coefficient (Wildman–Crippen LogP) is -33.1. The largest absolute Gasteiger partial charge is 1.00 e. The van der Waals surface area contributed by atoms with Crippen molar-refractivity contribution >= 4 is 29.8 Å². The third-order valence-electron chi connectivity index (χ3n) is 10.1. The molecule has 5 aliphatic heterocycles. The average Bonchev–Trinajstić information content (AvgIpc) is 3.18. The van der Waals surface area contributed by atoms with Gasteiger partial charge in [-0.05, 0) is 0 Å². The number of rotatable bonds is 13. The Kier molecular flexibility index (Phi) is 28.9. The van der Waals surface area contributed by atoms with Gasteiger partial charge in [0.1, 0.15) is 122 Å². The molecule has 12 N–H and O–H groups in total. The number of carboxylic acid groups (broad SMARTS) is 5. The van der Waals surface area contributed by atoms with Gasteiger partial charge >= 0.3 is 148 Å². The predicted molar refractivity (Wildman–Crippen MR) is 156 cm³/mol. The van der Waals surface area contributed by atoms with Gasteiger partial charge in [0.15, 0.2) is 31.5 Å². The summed E-state index contributed by atoms with van der Waals surface area (Å²) in [5.74, 6) is -11.3. The monoisotopic (exact) mass is 1010 g/mol. The van der Waals surface area contributed by atoms with E-state index in [4.69, 9.17) is 37.9 Å². The standard InChI is InChI=1S/C30H42O31.5Na/c31-1-2(32)16(21(42)43)58-27(8(1)38)55-13-4(34)10(40)29(60-18(13)23(46)47)57-15-6(36)11(41)30(61-20(15)25(50)51)56-14-5(35)9(39)28(59-19(14)24(48)49)54-12-3(33)7(37)26(52)53-17(12)22(44)45;;;;;/h1-20,26-41,52H,(H,42,43)(H,44,45)(H,46,47)(H,48,49)(H,50,51);;;;;/q;5*+1/p-5/t1-,2+,3+,4+,5+,6+,7?,8?,9?,10?,11?,12+,13+,14+,15+,16?,17?,18?,19?,20?,26-,27-,28-,29-,30-;;;;;/m1...../s1. The number of ether oxygens (including phenoxy) is 9. The number of aliphatic carboxylic acids is 5. The molecule has 0 radical (unpaired) electrons. The fraction of sp³-hybridized carbons (Fsp3) is 0.833. The zero-order valence-corrected chi connectivity index (χ0v) is 45.1. The number of aliphatic hydroxyl groups is 12.